The van der Waals surface area contributed by atoms with E-state index in [1.54, 1.807) is 0 Å². The molecule has 1 aromatic carbocycles. The number of halogens is 1. The van der Waals surface area contributed by atoms with Crippen molar-refractivity contribution in [3.8, 4) is 17.2 Å². The minimum atomic E-state index is -0.395. The Bertz CT molecular complexity index is 623. The molecule has 1 fully saturated rings. The van der Waals surface area contributed by atoms with Crippen LogP contribution in [-0.2, 0) is 5.54 Å². The maximum Gasteiger partial charge on any atom is 0.258 e. The molecule has 0 saturated heterocycles. The fraction of sp³-hybridized carbons (Fsp3) is 0.500. The van der Waals surface area contributed by atoms with Gasteiger partial charge in [0.15, 0.2) is 5.82 Å². The van der Waals surface area contributed by atoms with E-state index in [1.807, 2.05) is 24.3 Å². The number of benzene rings is 1. The Kier molecular flexibility index (Phi) is 5.08. The van der Waals surface area contributed by atoms with Gasteiger partial charge >= 0.3 is 0 Å². The van der Waals surface area contributed by atoms with Crippen molar-refractivity contribution in [2.75, 3.05) is 6.61 Å². The third-order valence-corrected chi connectivity index (χ3v) is 3.78. The van der Waals surface area contributed by atoms with Crippen LogP contribution in [-0.4, -0.2) is 16.7 Å². The van der Waals surface area contributed by atoms with E-state index < -0.39 is 5.54 Å². The van der Waals surface area contributed by atoms with Crippen molar-refractivity contribution < 1.29 is 9.26 Å². The lowest BCUT2D eigenvalue weighted by atomic mass is 9.77. The third kappa shape index (κ3) is 3.42. The molecule has 0 amide bonds. The number of ether oxygens (including phenoxy) is 1. The highest BCUT2D eigenvalue weighted by molar-refractivity contribution is 5.85. The van der Waals surface area contributed by atoms with E-state index in [1.165, 1.54) is 0 Å². The molecule has 2 N–H and O–H groups in total. The van der Waals surface area contributed by atoms with Crippen molar-refractivity contribution in [3.63, 3.8) is 0 Å². The van der Waals surface area contributed by atoms with Crippen LogP contribution in [0.1, 0.15) is 38.9 Å². The molecule has 5 nitrogen and oxygen atoms in total. The van der Waals surface area contributed by atoms with Crippen LogP contribution in [0.3, 0.4) is 0 Å². The van der Waals surface area contributed by atoms with Crippen molar-refractivity contribution in [1.82, 2.24) is 10.1 Å². The summed E-state index contributed by atoms with van der Waals surface area (Å²) in [7, 11) is 0. The summed E-state index contributed by atoms with van der Waals surface area (Å²) >= 11 is 0. The van der Waals surface area contributed by atoms with Gasteiger partial charge in [0, 0.05) is 5.56 Å². The van der Waals surface area contributed by atoms with Crippen LogP contribution < -0.4 is 10.5 Å². The van der Waals surface area contributed by atoms with Crippen molar-refractivity contribution in [2.45, 2.75) is 38.6 Å². The van der Waals surface area contributed by atoms with E-state index >= 15 is 0 Å². The van der Waals surface area contributed by atoms with Crippen molar-refractivity contribution >= 4 is 12.4 Å². The molecule has 1 heterocycles. The zero-order valence-corrected chi connectivity index (χ0v) is 13.7. The molecule has 22 heavy (non-hydrogen) atoms. The molecule has 0 radical (unpaired) electrons. The molecule has 0 aliphatic heterocycles. The molecule has 2 aromatic rings. The lowest BCUT2D eigenvalue weighted by molar-refractivity contribution is 0.229. The van der Waals surface area contributed by atoms with Gasteiger partial charge in [-0.3, -0.25) is 0 Å². The van der Waals surface area contributed by atoms with Crippen LogP contribution in [0, 0.1) is 5.92 Å². The van der Waals surface area contributed by atoms with Gasteiger partial charge in [-0.2, -0.15) is 4.98 Å². The normalized spacial score (nSPS) is 16.0. The Morgan fingerprint density at radius 3 is 2.77 bits per heavy atom. The first-order chi connectivity index (χ1) is 10.1. The Hall–Kier alpha value is -1.59. The van der Waals surface area contributed by atoms with E-state index in [0.29, 0.717) is 24.2 Å². The second kappa shape index (κ2) is 6.67. The highest BCUT2D eigenvalue weighted by Crippen LogP contribution is 2.37. The van der Waals surface area contributed by atoms with Crippen LogP contribution in [0.2, 0.25) is 0 Å². The van der Waals surface area contributed by atoms with Crippen molar-refractivity contribution in [1.29, 1.82) is 0 Å². The number of hydrogen-bond donors (Lipinski definition) is 1. The first kappa shape index (κ1) is 16.8. The summed E-state index contributed by atoms with van der Waals surface area (Å²) in [5.74, 6) is 2.40. The molecule has 1 aromatic heterocycles. The first-order valence-electron chi connectivity index (χ1n) is 7.43. The van der Waals surface area contributed by atoms with Crippen LogP contribution in [0.15, 0.2) is 28.8 Å². The van der Waals surface area contributed by atoms with Gasteiger partial charge in [0.1, 0.15) is 5.75 Å². The maximum absolute atomic E-state index is 6.22. The standard InChI is InChI=1S/C16H21N3O2.ClH/c1-11(2)10-20-13-6-3-5-12(9-13)14-18-15(19-21-14)16(17)7-4-8-16;/h3,5-6,9,11H,4,7-8,10,17H2,1-2H3;1H. The summed E-state index contributed by atoms with van der Waals surface area (Å²) in [6.07, 6.45) is 2.96. The maximum atomic E-state index is 6.22. The minimum Gasteiger partial charge on any atom is -0.493 e. The molecule has 0 bridgehead atoms. The van der Waals surface area contributed by atoms with Crippen molar-refractivity contribution in [2.24, 2.45) is 11.7 Å². The molecule has 0 spiro atoms. The lowest BCUT2D eigenvalue weighted by Crippen LogP contribution is -2.44. The second-order valence-corrected chi connectivity index (χ2v) is 6.17. The summed E-state index contributed by atoms with van der Waals surface area (Å²) in [6.45, 7) is 4.92. The Morgan fingerprint density at radius 2 is 2.14 bits per heavy atom. The first-order valence-corrected chi connectivity index (χ1v) is 7.43. The smallest absolute Gasteiger partial charge is 0.258 e. The minimum absolute atomic E-state index is 0. The zero-order chi connectivity index (χ0) is 14.9. The summed E-state index contributed by atoms with van der Waals surface area (Å²) in [5.41, 5.74) is 6.68. The predicted octanol–water partition coefficient (Wildman–Crippen LogP) is 3.53. The van der Waals surface area contributed by atoms with Gasteiger partial charge in [-0.15, -0.1) is 12.4 Å². The average Bonchev–Trinajstić information content (AvgIpc) is 2.93. The molecule has 6 heteroatoms. The third-order valence-electron chi connectivity index (χ3n) is 3.78. The molecule has 0 unspecified atom stereocenters. The van der Waals surface area contributed by atoms with Gasteiger partial charge in [0.05, 0.1) is 12.1 Å². The van der Waals surface area contributed by atoms with Crippen LogP contribution in [0.5, 0.6) is 5.75 Å². The highest BCUT2D eigenvalue weighted by atomic mass is 35.5. The summed E-state index contributed by atoms with van der Waals surface area (Å²) in [5, 5.41) is 4.04. The zero-order valence-electron chi connectivity index (χ0n) is 12.9. The van der Waals surface area contributed by atoms with Crippen LogP contribution >= 0.6 is 12.4 Å². The van der Waals surface area contributed by atoms with E-state index in [9.17, 15) is 0 Å². The van der Waals surface area contributed by atoms with E-state index in [2.05, 4.69) is 24.0 Å². The Labute approximate surface area is 136 Å². The van der Waals surface area contributed by atoms with Gasteiger partial charge < -0.3 is 15.0 Å². The summed E-state index contributed by atoms with van der Waals surface area (Å²) in [6, 6.07) is 7.71. The molecule has 1 aliphatic rings. The van der Waals surface area contributed by atoms with Gasteiger partial charge in [-0.25, -0.2) is 0 Å². The number of nitrogens with zero attached hydrogens (tertiary/aromatic N) is 2. The number of nitrogens with two attached hydrogens (primary N) is 1. The number of rotatable bonds is 5. The van der Waals surface area contributed by atoms with E-state index in [4.69, 9.17) is 15.0 Å². The SMILES string of the molecule is CC(C)COc1cccc(-c2nc(C3(N)CCC3)no2)c1.Cl. The largest absolute Gasteiger partial charge is 0.493 e. The average molecular weight is 324 g/mol. The van der Waals surface area contributed by atoms with Crippen LogP contribution in [0.4, 0.5) is 0 Å². The fourth-order valence-corrected chi connectivity index (χ4v) is 2.31. The molecule has 1 saturated carbocycles. The molecule has 0 atom stereocenters. The Morgan fingerprint density at radius 1 is 1.36 bits per heavy atom. The second-order valence-electron chi connectivity index (χ2n) is 6.17. The van der Waals surface area contributed by atoms with Gasteiger partial charge in [-0.05, 0) is 43.4 Å². The molecular formula is C16H22ClN3O2. The van der Waals surface area contributed by atoms with Gasteiger partial charge in [0.2, 0.25) is 0 Å². The quantitative estimate of drug-likeness (QED) is 0.911. The van der Waals surface area contributed by atoms with Gasteiger partial charge in [0.25, 0.3) is 5.89 Å². The molecule has 120 valence electrons. The summed E-state index contributed by atoms with van der Waals surface area (Å²) < 4.78 is 11.1. The molecule has 3 rings (SSSR count). The van der Waals surface area contributed by atoms with Crippen LogP contribution in [0.25, 0.3) is 11.5 Å². The number of hydrogen-bond acceptors (Lipinski definition) is 5. The Balaban J connectivity index is 0.00000176. The summed E-state index contributed by atoms with van der Waals surface area (Å²) in [4.78, 5) is 4.45. The van der Waals surface area contributed by atoms with Gasteiger partial charge in [-0.1, -0.05) is 25.1 Å². The fourth-order valence-electron chi connectivity index (χ4n) is 2.31. The monoisotopic (exact) mass is 323 g/mol. The topological polar surface area (TPSA) is 74.2 Å². The van der Waals surface area contributed by atoms with E-state index in [-0.39, 0.29) is 12.4 Å². The molecule has 1 aliphatic carbocycles. The highest BCUT2D eigenvalue weighted by Gasteiger charge is 2.39. The number of aromatic nitrogens is 2. The molecular weight excluding hydrogens is 302 g/mol. The lowest BCUT2D eigenvalue weighted by Gasteiger charge is -2.34. The van der Waals surface area contributed by atoms with Crippen molar-refractivity contribution in [3.05, 3.63) is 30.1 Å². The van der Waals surface area contributed by atoms with E-state index in [0.717, 1.165) is 30.6 Å². The predicted molar refractivity (Wildman–Crippen MR) is 87.0 cm³/mol.